The standard InChI is InChI=1S/C13H18OS/c1-5-11-14-13(15(2,3)4)12-9-7-6-8-10-12/h1,6-10,13H,11H2,2-4H3. The summed E-state index contributed by atoms with van der Waals surface area (Å²) in [5.74, 6) is 2.53. The first-order valence-corrected chi connectivity index (χ1v) is 7.75. The Balaban J connectivity index is 2.88. The van der Waals surface area contributed by atoms with Crippen molar-refractivity contribution in [3.05, 3.63) is 35.9 Å². The van der Waals surface area contributed by atoms with Crippen molar-refractivity contribution >= 4 is 10.0 Å². The molecule has 0 saturated heterocycles. The maximum Gasteiger partial charge on any atom is 0.114 e. The summed E-state index contributed by atoms with van der Waals surface area (Å²) in [4.78, 5) is 0. The van der Waals surface area contributed by atoms with Crippen LogP contribution in [0.25, 0.3) is 0 Å². The molecule has 0 saturated carbocycles. The molecule has 1 aromatic rings. The van der Waals surface area contributed by atoms with E-state index in [-0.39, 0.29) is 5.44 Å². The Kier molecular flexibility index (Phi) is 4.26. The summed E-state index contributed by atoms with van der Waals surface area (Å²) in [5, 5.41) is 0. The van der Waals surface area contributed by atoms with Crippen LogP contribution in [0.5, 0.6) is 0 Å². The summed E-state index contributed by atoms with van der Waals surface area (Å²) < 4.78 is 5.74. The highest BCUT2D eigenvalue weighted by atomic mass is 32.3. The van der Waals surface area contributed by atoms with Crippen LogP contribution in [-0.2, 0) is 4.74 Å². The van der Waals surface area contributed by atoms with Gasteiger partial charge in [-0.1, -0.05) is 36.3 Å². The van der Waals surface area contributed by atoms with Crippen LogP contribution in [0.15, 0.2) is 30.3 Å². The van der Waals surface area contributed by atoms with Crippen LogP contribution in [0, 0.1) is 12.3 Å². The van der Waals surface area contributed by atoms with Gasteiger partial charge < -0.3 is 4.74 Å². The normalized spacial score (nSPS) is 14.3. The Morgan fingerprint density at radius 3 is 2.33 bits per heavy atom. The molecular weight excluding hydrogens is 204 g/mol. The molecule has 1 aromatic carbocycles. The van der Waals surface area contributed by atoms with E-state index in [1.165, 1.54) is 5.56 Å². The van der Waals surface area contributed by atoms with E-state index in [4.69, 9.17) is 11.2 Å². The van der Waals surface area contributed by atoms with Gasteiger partial charge in [-0.2, -0.15) is 0 Å². The zero-order chi connectivity index (χ0) is 11.3. The van der Waals surface area contributed by atoms with E-state index < -0.39 is 10.0 Å². The zero-order valence-electron chi connectivity index (χ0n) is 9.57. The quantitative estimate of drug-likeness (QED) is 0.712. The number of ether oxygens (including phenoxy) is 1. The molecule has 0 aliphatic heterocycles. The topological polar surface area (TPSA) is 9.23 Å². The summed E-state index contributed by atoms with van der Waals surface area (Å²) in [6.45, 7) is 0.379. The zero-order valence-corrected chi connectivity index (χ0v) is 10.4. The molecule has 1 unspecified atom stereocenters. The highest BCUT2D eigenvalue weighted by Crippen LogP contribution is 2.51. The van der Waals surface area contributed by atoms with Gasteiger partial charge in [-0.15, -0.1) is 6.42 Å². The maximum atomic E-state index is 5.74. The Hall–Kier alpha value is -0.910. The van der Waals surface area contributed by atoms with Gasteiger partial charge in [0, 0.05) is 0 Å². The van der Waals surface area contributed by atoms with Crippen molar-refractivity contribution in [1.29, 1.82) is 0 Å². The largest absolute Gasteiger partial charge is 0.352 e. The first-order valence-electron chi connectivity index (χ1n) is 4.83. The smallest absolute Gasteiger partial charge is 0.114 e. The third kappa shape index (κ3) is 3.62. The minimum atomic E-state index is -0.808. The van der Waals surface area contributed by atoms with Crippen molar-refractivity contribution in [3.8, 4) is 12.3 Å². The fourth-order valence-electron chi connectivity index (χ4n) is 1.44. The lowest BCUT2D eigenvalue weighted by Gasteiger charge is -2.35. The molecule has 0 aliphatic rings. The summed E-state index contributed by atoms with van der Waals surface area (Å²) in [6.07, 6.45) is 11.9. The Labute approximate surface area is 94.2 Å². The second kappa shape index (κ2) is 5.25. The third-order valence-electron chi connectivity index (χ3n) is 2.03. The predicted molar refractivity (Wildman–Crippen MR) is 69.3 cm³/mol. The third-order valence-corrected chi connectivity index (χ3v) is 3.72. The Bertz CT molecular complexity index is 332. The number of benzene rings is 1. The van der Waals surface area contributed by atoms with Crippen LogP contribution in [0.4, 0.5) is 0 Å². The van der Waals surface area contributed by atoms with Gasteiger partial charge in [-0.3, -0.25) is 0 Å². The second-order valence-corrected chi connectivity index (χ2v) is 8.48. The van der Waals surface area contributed by atoms with E-state index in [0.717, 1.165) is 0 Å². The van der Waals surface area contributed by atoms with Gasteiger partial charge in [0.2, 0.25) is 0 Å². The molecule has 15 heavy (non-hydrogen) atoms. The van der Waals surface area contributed by atoms with Crippen molar-refractivity contribution in [2.75, 3.05) is 25.4 Å². The summed E-state index contributed by atoms with van der Waals surface area (Å²) in [6, 6.07) is 10.3. The molecule has 0 aromatic heterocycles. The molecule has 1 atom stereocenters. The van der Waals surface area contributed by atoms with E-state index in [1.807, 2.05) is 18.2 Å². The highest BCUT2D eigenvalue weighted by molar-refractivity contribution is 8.32. The molecular formula is C13H18OS. The van der Waals surface area contributed by atoms with Crippen LogP contribution in [0.1, 0.15) is 11.0 Å². The SMILES string of the molecule is C#CCOC(c1ccccc1)S(C)(C)C. The Morgan fingerprint density at radius 2 is 1.87 bits per heavy atom. The lowest BCUT2D eigenvalue weighted by atomic mass is 10.2. The van der Waals surface area contributed by atoms with Crippen molar-refractivity contribution < 1.29 is 4.74 Å². The molecule has 2 heteroatoms. The molecule has 0 bridgehead atoms. The minimum Gasteiger partial charge on any atom is -0.352 e. The molecule has 0 fully saturated rings. The van der Waals surface area contributed by atoms with Gasteiger partial charge in [0.25, 0.3) is 0 Å². The van der Waals surface area contributed by atoms with Gasteiger partial charge in [-0.25, -0.2) is 10.0 Å². The van der Waals surface area contributed by atoms with Crippen molar-refractivity contribution in [1.82, 2.24) is 0 Å². The highest BCUT2D eigenvalue weighted by Gasteiger charge is 2.22. The van der Waals surface area contributed by atoms with Crippen molar-refractivity contribution in [2.45, 2.75) is 5.44 Å². The molecule has 1 nitrogen and oxygen atoms in total. The number of rotatable bonds is 4. The number of terminal acetylenes is 1. The van der Waals surface area contributed by atoms with E-state index in [1.54, 1.807) is 0 Å². The average molecular weight is 222 g/mol. The van der Waals surface area contributed by atoms with Crippen LogP contribution in [0.3, 0.4) is 0 Å². The molecule has 0 heterocycles. The van der Waals surface area contributed by atoms with Crippen LogP contribution in [0.2, 0.25) is 0 Å². The molecule has 0 spiro atoms. The van der Waals surface area contributed by atoms with E-state index in [9.17, 15) is 0 Å². The van der Waals surface area contributed by atoms with Crippen molar-refractivity contribution in [3.63, 3.8) is 0 Å². The van der Waals surface area contributed by atoms with Gasteiger partial charge in [0.1, 0.15) is 12.0 Å². The molecule has 0 aliphatic carbocycles. The van der Waals surface area contributed by atoms with Crippen LogP contribution < -0.4 is 0 Å². The van der Waals surface area contributed by atoms with Gasteiger partial charge in [0.15, 0.2) is 0 Å². The van der Waals surface area contributed by atoms with Gasteiger partial charge in [0.05, 0.1) is 0 Å². The minimum absolute atomic E-state index is 0.134. The monoisotopic (exact) mass is 222 g/mol. The molecule has 0 N–H and O–H groups in total. The van der Waals surface area contributed by atoms with Gasteiger partial charge in [-0.05, 0) is 24.3 Å². The summed E-state index contributed by atoms with van der Waals surface area (Å²) >= 11 is 0. The fourth-order valence-corrected chi connectivity index (χ4v) is 2.89. The lowest BCUT2D eigenvalue weighted by Crippen LogP contribution is -2.11. The first-order chi connectivity index (χ1) is 7.05. The number of hydrogen-bond acceptors (Lipinski definition) is 1. The van der Waals surface area contributed by atoms with Gasteiger partial charge >= 0.3 is 0 Å². The maximum absolute atomic E-state index is 5.74. The molecule has 1 rings (SSSR count). The van der Waals surface area contributed by atoms with E-state index in [2.05, 4.69) is 36.8 Å². The van der Waals surface area contributed by atoms with E-state index >= 15 is 0 Å². The predicted octanol–water partition coefficient (Wildman–Crippen LogP) is 3.03. The Morgan fingerprint density at radius 1 is 1.27 bits per heavy atom. The fraction of sp³-hybridized carbons (Fsp3) is 0.385. The van der Waals surface area contributed by atoms with Crippen LogP contribution >= 0.6 is 10.0 Å². The van der Waals surface area contributed by atoms with Crippen molar-refractivity contribution in [2.24, 2.45) is 0 Å². The van der Waals surface area contributed by atoms with Crippen LogP contribution in [-0.4, -0.2) is 25.4 Å². The van der Waals surface area contributed by atoms with E-state index in [0.29, 0.717) is 6.61 Å². The molecule has 0 radical (unpaired) electrons. The first kappa shape index (κ1) is 12.2. The second-order valence-electron chi connectivity index (χ2n) is 4.19. The lowest BCUT2D eigenvalue weighted by molar-refractivity contribution is 0.142. The molecule has 0 amide bonds. The summed E-state index contributed by atoms with van der Waals surface area (Å²) in [7, 11) is -0.808. The summed E-state index contributed by atoms with van der Waals surface area (Å²) in [5.41, 5.74) is 1.35. The molecule has 82 valence electrons. The number of hydrogen-bond donors (Lipinski definition) is 0. The average Bonchev–Trinajstić information content (AvgIpc) is 2.18.